The summed E-state index contributed by atoms with van der Waals surface area (Å²) in [6.07, 6.45) is -1.20. The molecule has 0 aliphatic heterocycles. The van der Waals surface area contributed by atoms with Crippen molar-refractivity contribution in [3.05, 3.63) is 104 Å². The van der Waals surface area contributed by atoms with Gasteiger partial charge < -0.3 is 9.84 Å². The summed E-state index contributed by atoms with van der Waals surface area (Å²) in [7, 11) is 1.34. The van der Waals surface area contributed by atoms with Gasteiger partial charge >= 0.3 is 0 Å². The summed E-state index contributed by atoms with van der Waals surface area (Å²) >= 11 is 9.38. The van der Waals surface area contributed by atoms with Gasteiger partial charge in [-0.3, -0.25) is 4.57 Å². The fourth-order valence-electron chi connectivity index (χ4n) is 3.37. The molecule has 1 N–H and O–H groups in total. The van der Waals surface area contributed by atoms with Crippen molar-refractivity contribution in [3.63, 3.8) is 0 Å². The number of thioether (sulfide) groups is 1. The van der Waals surface area contributed by atoms with Crippen LogP contribution in [-0.4, -0.2) is 21.8 Å². The minimum atomic E-state index is -1.20. The predicted octanol–water partition coefficient (Wildman–Crippen LogP) is 6.93. The van der Waals surface area contributed by atoms with Gasteiger partial charge in [0.2, 0.25) is 0 Å². The Hall–Kier alpha value is -2.21. The van der Waals surface area contributed by atoms with E-state index in [1.165, 1.54) is 61.3 Å². The molecule has 1 unspecified atom stereocenters. The molecule has 3 aromatic carbocycles. The number of hydrogen-bond donors (Lipinski definition) is 1. The Balaban J connectivity index is 1.80. The quantitative estimate of drug-likeness (QED) is 0.181. The van der Waals surface area contributed by atoms with Gasteiger partial charge in [-0.05, 0) is 76.7 Å². The zero-order chi connectivity index (χ0) is 24.4. The lowest BCUT2D eigenvalue weighted by molar-refractivity contribution is 0.211. The van der Waals surface area contributed by atoms with Gasteiger partial charge in [-0.15, -0.1) is 0 Å². The number of halogens is 5. The van der Waals surface area contributed by atoms with E-state index in [-0.39, 0.29) is 11.5 Å². The maximum absolute atomic E-state index is 14.3. The largest absolute Gasteiger partial charge is 0.494 e. The van der Waals surface area contributed by atoms with Crippen LogP contribution in [0.4, 0.5) is 13.2 Å². The van der Waals surface area contributed by atoms with E-state index in [1.807, 2.05) is 22.6 Å². The molecule has 0 spiro atoms. The molecule has 0 aliphatic rings. The normalized spacial score (nSPS) is 12.1. The number of rotatable bonds is 7. The second-order valence-electron chi connectivity index (χ2n) is 7.17. The SMILES string of the molecule is COc1cc(C(O)c2c(I)nc(SCc3c(F)cccc3Cl)n2-c2ccc(F)cc2)ccc1F. The van der Waals surface area contributed by atoms with Gasteiger partial charge in [0.1, 0.15) is 21.4 Å². The van der Waals surface area contributed by atoms with Crippen LogP contribution in [0.25, 0.3) is 5.69 Å². The van der Waals surface area contributed by atoms with E-state index in [0.29, 0.717) is 36.4 Å². The third kappa shape index (κ3) is 5.07. The van der Waals surface area contributed by atoms with Gasteiger partial charge in [0, 0.05) is 22.0 Å². The smallest absolute Gasteiger partial charge is 0.174 e. The summed E-state index contributed by atoms with van der Waals surface area (Å²) in [6, 6.07) is 14.2. The van der Waals surface area contributed by atoms with Crippen molar-refractivity contribution in [3.8, 4) is 11.4 Å². The first kappa shape index (κ1) is 24.9. The predicted molar refractivity (Wildman–Crippen MR) is 134 cm³/mol. The molecule has 4 nitrogen and oxygen atoms in total. The third-order valence-corrected chi connectivity index (χ3v) is 7.19. The van der Waals surface area contributed by atoms with Gasteiger partial charge in [-0.25, -0.2) is 18.2 Å². The zero-order valence-corrected chi connectivity index (χ0v) is 21.3. The topological polar surface area (TPSA) is 47.3 Å². The molecule has 0 aliphatic carbocycles. The molecule has 176 valence electrons. The zero-order valence-electron chi connectivity index (χ0n) is 17.6. The van der Waals surface area contributed by atoms with E-state index < -0.39 is 23.6 Å². The fraction of sp³-hybridized carbons (Fsp3) is 0.125. The molecular weight excluding hydrogens is 600 g/mol. The molecule has 1 atom stereocenters. The Labute approximate surface area is 216 Å². The minimum absolute atomic E-state index is 0.0109. The molecule has 1 aromatic heterocycles. The van der Waals surface area contributed by atoms with Crippen LogP contribution in [0.2, 0.25) is 5.02 Å². The summed E-state index contributed by atoms with van der Waals surface area (Å²) in [5.41, 5.74) is 1.64. The Kier molecular flexibility index (Phi) is 7.76. The standard InChI is InChI=1S/C24H17ClF3IN2O2S/c1-33-20-11-13(5-10-19(20)28)22(32)21-23(29)30-24(31(21)15-8-6-14(26)7-9-15)34-12-16-17(25)3-2-4-18(16)27/h2-11,22,32H,12H2,1H3. The number of methoxy groups -OCH3 is 1. The summed E-state index contributed by atoms with van der Waals surface area (Å²) in [6.45, 7) is 0. The van der Waals surface area contributed by atoms with Crippen molar-refractivity contribution in [1.82, 2.24) is 9.55 Å². The second-order valence-corrected chi connectivity index (χ2v) is 9.54. The van der Waals surface area contributed by atoms with Gasteiger partial charge in [0.25, 0.3) is 0 Å². The first-order chi connectivity index (χ1) is 16.3. The number of nitrogens with zero attached hydrogens (tertiary/aromatic N) is 2. The van der Waals surface area contributed by atoms with Crippen LogP contribution in [0, 0.1) is 21.2 Å². The van der Waals surface area contributed by atoms with Crippen molar-refractivity contribution in [2.45, 2.75) is 17.0 Å². The molecule has 4 rings (SSSR count). The van der Waals surface area contributed by atoms with Crippen molar-refractivity contribution in [1.29, 1.82) is 0 Å². The average Bonchev–Trinajstić information content (AvgIpc) is 3.15. The van der Waals surface area contributed by atoms with Crippen LogP contribution in [0.1, 0.15) is 22.9 Å². The number of aromatic nitrogens is 2. The average molecular weight is 617 g/mol. The molecular formula is C24H17ClF3IN2O2S. The molecule has 0 radical (unpaired) electrons. The van der Waals surface area contributed by atoms with Crippen molar-refractivity contribution < 1.29 is 23.0 Å². The maximum Gasteiger partial charge on any atom is 0.174 e. The minimum Gasteiger partial charge on any atom is -0.494 e. The van der Waals surface area contributed by atoms with E-state index in [0.717, 1.165) is 0 Å². The van der Waals surface area contributed by atoms with Crippen LogP contribution in [-0.2, 0) is 5.75 Å². The van der Waals surface area contributed by atoms with E-state index in [9.17, 15) is 18.3 Å². The van der Waals surface area contributed by atoms with E-state index in [4.69, 9.17) is 16.3 Å². The van der Waals surface area contributed by atoms with Crippen molar-refractivity contribution in [2.75, 3.05) is 7.11 Å². The molecule has 0 saturated heterocycles. The van der Waals surface area contributed by atoms with Gasteiger partial charge in [0.05, 0.1) is 12.8 Å². The molecule has 34 heavy (non-hydrogen) atoms. The Morgan fingerprint density at radius 3 is 2.50 bits per heavy atom. The van der Waals surface area contributed by atoms with Crippen LogP contribution >= 0.6 is 46.0 Å². The first-order valence-electron chi connectivity index (χ1n) is 9.91. The van der Waals surface area contributed by atoms with Crippen LogP contribution in [0.3, 0.4) is 0 Å². The highest BCUT2D eigenvalue weighted by Crippen LogP contribution is 2.37. The summed E-state index contributed by atoms with van der Waals surface area (Å²) in [5, 5.41) is 12.0. The highest BCUT2D eigenvalue weighted by molar-refractivity contribution is 14.1. The van der Waals surface area contributed by atoms with Crippen molar-refractivity contribution >= 4 is 46.0 Å². The molecule has 10 heteroatoms. The Bertz CT molecular complexity index is 1310. The number of imidazole rings is 1. The van der Waals surface area contributed by atoms with E-state index in [2.05, 4.69) is 4.98 Å². The highest BCUT2D eigenvalue weighted by atomic mass is 127. The van der Waals surface area contributed by atoms with Crippen molar-refractivity contribution in [2.24, 2.45) is 0 Å². The third-order valence-electron chi connectivity index (χ3n) is 5.08. The van der Waals surface area contributed by atoms with E-state index in [1.54, 1.807) is 22.8 Å². The summed E-state index contributed by atoms with van der Waals surface area (Å²) < 4.78 is 49.0. The lowest BCUT2D eigenvalue weighted by Crippen LogP contribution is -2.10. The molecule has 4 aromatic rings. The lowest BCUT2D eigenvalue weighted by Gasteiger charge is -2.18. The number of aliphatic hydroxyl groups is 1. The second kappa shape index (κ2) is 10.6. The Morgan fingerprint density at radius 1 is 1.09 bits per heavy atom. The van der Waals surface area contributed by atoms with Gasteiger partial charge in [-0.1, -0.05) is 35.5 Å². The van der Waals surface area contributed by atoms with Crippen LogP contribution in [0.15, 0.2) is 65.8 Å². The molecule has 0 amide bonds. The summed E-state index contributed by atoms with van der Waals surface area (Å²) in [5.74, 6) is -1.24. The fourth-order valence-corrected chi connectivity index (χ4v) is 5.66. The summed E-state index contributed by atoms with van der Waals surface area (Å²) in [4.78, 5) is 4.58. The molecule has 0 saturated carbocycles. The Morgan fingerprint density at radius 2 is 1.82 bits per heavy atom. The highest BCUT2D eigenvalue weighted by Gasteiger charge is 2.26. The number of ether oxygens (including phenoxy) is 1. The lowest BCUT2D eigenvalue weighted by atomic mass is 10.1. The van der Waals surface area contributed by atoms with E-state index >= 15 is 0 Å². The number of aliphatic hydroxyl groups excluding tert-OH is 1. The number of benzene rings is 3. The molecule has 0 fully saturated rings. The monoisotopic (exact) mass is 616 g/mol. The van der Waals surface area contributed by atoms with Gasteiger partial charge in [-0.2, -0.15) is 0 Å². The molecule has 1 heterocycles. The van der Waals surface area contributed by atoms with Crippen LogP contribution in [0.5, 0.6) is 5.75 Å². The molecule has 0 bridgehead atoms. The van der Waals surface area contributed by atoms with Crippen LogP contribution < -0.4 is 4.74 Å². The number of hydrogen-bond acceptors (Lipinski definition) is 4. The maximum atomic E-state index is 14.3. The van der Waals surface area contributed by atoms with Gasteiger partial charge in [0.15, 0.2) is 16.7 Å². The first-order valence-corrected chi connectivity index (χ1v) is 12.4.